The Balaban J connectivity index is 0.000000337. The normalized spacial score (nSPS) is 11.5. The molecule has 1 heterocycles. The summed E-state index contributed by atoms with van der Waals surface area (Å²) in [5.74, 6) is 0.0114. The number of amides is 1. The highest BCUT2D eigenvalue weighted by Gasteiger charge is 2.07. The number of nitrogens with two attached hydrogens (primary N) is 1. The SMILES string of the molecule is C1CCOC1.CC(C)C(=O)Cl.CC(C)C(=O)Nc1cccc(-c2ccccc2)c1.CCN(CC)CC.Nc1cccc(-c2ccccc2)c1. The highest BCUT2D eigenvalue weighted by atomic mass is 35.5. The summed E-state index contributed by atoms with van der Waals surface area (Å²) < 4.78 is 4.94. The van der Waals surface area contributed by atoms with Crippen LogP contribution in [-0.2, 0) is 14.3 Å². The molecule has 1 fully saturated rings. The number of carbonyl (C=O) groups excluding carboxylic acids is 2. The first-order valence-corrected chi connectivity index (χ1v) is 17.8. The monoisotopic (exact) mass is 687 g/mol. The van der Waals surface area contributed by atoms with E-state index in [2.05, 4.69) is 61.3 Å². The highest BCUT2D eigenvalue weighted by Crippen LogP contribution is 2.23. The number of nitrogens with one attached hydrogen (secondary N) is 1. The van der Waals surface area contributed by atoms with Crippen LogP contribution >= 0.6 is 11.6 Å². The number of hydrogen-bond acceptors (Lipinski definition) is 5. The van der Waals surface area contributed by atoms with E-state index in [0.717, 1.165) is 35.7 Å². The van der Waals surface area contributed by atoms with Crippen molar-refractivity contribution in [1.82, 2.24) is 4.90 Å². The molecule has 6 nitrogen and oxygen atoms in total. The summed E-state index contributed by atoms with van der Waals surface area (Å²) in [5.41, 5.74) is 12.0. The highest BCUT2D eigenvalue weighted by molar-refractivity contribution is 6.63. The third kappa shape index (κ3) is 19.6. The first-order chi connectivity index (χ1) is 23.5. The minimum absolute atomic E-state index is 0.00891. The van der Waals surface area contributed by atoms with Gasteiger partial charge in [0.25, 0.3) is 0 Å². The molecule has 1 saturated heterocycles. The zero-order chi connectivity index (χ0) is 36.4. The average Bonchev–Trinajstić information content (AvgIpc) is 3.72. The Labute approximate surface area is 301 Å². The molecular formula is C42H58ClN3O3. The average molecular weight is 688 g/mol. The molecule has 0 saturated carbocycles. The second-order valence-corrected chi connectivity index (χ2v) is 12.4. The summed E-state index contributed by atoms with van der Waals surface area (Å²) in [6.07, 6.45) is 2.56. The lowest BCUT2D eigenvalue weighted by Crippen LogP contribution is -2.21. The molecule has 1 aliphatic rings. The van der Waals surface area contributed by atoms with Gasteiger partial charge >= 0.3 is 0 Å². The molecule has 266 valence electrons. The van der Waals surface area contributed by atoms with Gasteiger partial charge in [-0.25, -0.2) is 0 Å². The van der Waals surface area contributed by atoms with E-state index >= 15 is 0 Å². The van der Waals surface area contributed by atoms with Crippen LogP contribution in [0, 0.1) is 11.8 Å². The van der Waals surface area contributed by atoms with E-state index in [-0.39, 0.29) is 23.0 Å². The van der Waals surface area contributed by atoms with Gasteiger partial charge in [-0.1, -0.05) is 133 Å². The van der Waals surface area contributed by atoms with E-state index in [4.69, 9.17) is 22.1 Å². The Morgan fingerprint density at radius 1 is 0.673 bits per heavy atom. The minimum Gasteiger partial charge on any atom is -0.399 e. The maximum atomic E-state index is 11.6. The molecule has 0 radical (unpaired) electrons. The van der Waals surface area contributed by atoms with Gasteiger partial charge in [-0.3, -0.25) is 9.59 Å². The van der Waals surface area contributed by atoms with E-state index in [1.807, 2.05) is 92.7 Å². The van der Waals surface area contributed by atoms with E-state index in [0.29, 0.717) is 0 Å². The summed E-state index contributed by atoms with van der Waals surface area (Å²) in [5, 5.41) is 2.64. The number of rotatable bonds is 8. The second kappa shape index (κ2) is 26.0. The number of nitrogen functional groups attached to an aromatic ring is 1. The van der Waals surface area contributed by atoms with Crippen molar-refractivity contribution in [2.45, 2.75) is 61.3 Å². The van der Waals surface area contributed by atoms with Gasteiger partial charge in [0.05, 0.1) is 0 Å². The minimum atomic E-state index is -0.269. The molecule has 4 aromatic carbocycles. The zero-order valence-corrected chi connectivity index (χ0v) is 31.4. The molecule has 1 aliphatic heterocycles. The van der Waals surface area contributed by atoms with Crippen LogP contribution in [0.15, 0.2) is 109 Å². The van der Waals surface area contributed by atoms with Gasteiger partial charge in [0.15, 0.2) is 0 Å². The van der Waals surface area contributed by atoms with Crippen molar-refractivity contribution in [3.63, 3.8) is 0 Å². The second-order valence-electron chi connectivity index (χ2n) is 12.0. The number of ether oxygens (including phenoxy) is 1. The van der Waals surface area contributed by atoms with Crippen molar-refractivity contribution < 1.29 is 14.3 Å². The first kappa shape index (κ1) is 43.1. The molecule has 0 aliphatic carbocycles. The van der Waals surface area contributed by atoms with Gasteiger partial charge in [-0.05, 0) is 90.6 Å². The molecule has 0 bridgehead atoms. The molecule has 5 rings (SSSR count). The maximum Gasteiger partial charge on any atom is 0.226 e. The van der Waals surface area contributed by atoms with Crippen molar-refractivity contribution in [3.05, 3.63) is 109 Å². The van der Waals surface area contributed by atoms with Crippen LogP contribution < -0.4 is 11.1 Å². The number of carbonyl (C=O) groups is 2. The summed E-state index contributed by atoms with van der Waals surface area (Å²) in [7, 11) is 0. The van der Waals surface area contributed by atoms with Crippen molar-refractivity contribution in [1.29, 1.82) is 0 Å². The predicted molar refractivity (Wildman–Crippen MR) is 211 cm³/mol. The van der Waals surface area contributed by atoms with Crippen molar-refractivity contribution in [2.75, 3.05) is 43.9 Å². The predicted octanol–water partition coefficient (Wildman–Crippen LogP) is 10.4. The van der Waals surface area contributed by atoms with E-state index in [1.54, 1.807) is 13.8 Å². The third-order valence-corrected chi connectivity index (χ3v) is 7.81. The molecule has 0 unspecified atom stereocenters. The van der Waals surface area contributed by atoms with Crippen LogP contribution in [0.5, 0.6) is 0 Å². The maximum absolute atomic E-state index is 11.6. The topological polar surface area (TPSA) is 84.7 Å². The van der Waals surface area contributed by atoms with Gasteiger partial charge in [0, 0.05) is 36.4 Å². The van der Waals surface area contributed by atoms with E-state index in [1.165, 1.54) is 43.6 Å². The number of hydrogen-bond donors (Lipinski definition) is 2. The quantitative estimate of drug-likeness (QED) is 0.142. The fraction of sp³-hybridized carbons (Fsp3) is 0.381. The number of halogens is 1. The number of anilines is 2. The summed E-state index contributed by atoms with van der Waals surface area (Å²) in [4.78, 5) is 23.9. The van der Waals surface area contributed by atoms with Crippen LogP contribution in [0.2, 0.25) is 0 Å². The molecule has 1 amide bonds. The van der Waals surface area contributed by atoms with Gasteiger partial charge in [-0.2, -0.15) is 0 Å². The van der Waals surface area contributed by atoms with E-state index < -0.39 is 0 Å². The van der Waals surface area contributed by atoms with Crippen LogP contribution in [0.3, 0.4) is 0 Å². The van der Waals surface area contributed by atoms with Crippen molar-refractivity contribution in [3.8, 4) is 22.3 Å². The Kier molecular flexibility index (Phi) is 22.8. The summed E-state index contributed by atoms with van der Waals surface area (Å²) in [6, 6.07) is 36.2. The lowest BCUT2D eigenvalue weighted by atomic mass is 10.1. The third-order valence-electron chi connectivity index (χ3n) is 7.38. The van der Waals surface area contributed by atoms with Crippen LogP contribution in [0.25, 0.3) is 22.3 Å². The van der Waals surface area contributed by atoms with Gasteiger partial charge in [-0.15, -0.1) is 0 Å². The molecule has 0 atom stereocenters. The van der Waals surface area contributed by atoms with Crippen LogP contribution in [-0.4, -0.2) is 48.9 Å². The fourth-order valence-electron chi connectivity index (χ4n) is 4.22. The van der Waals surface area contributed by atoms with Gasteiger partial charge in [0.1, 0.15) is 0 Å². The molecule has 7 heteroatoms. The largest absolute Gasteiger partial charge is 0.399 e. The lowest BCUT2D eigenvalue weighted by molar-refractivity contribution is -0.119. The standard InChI is InChI=1S/C16H17NO.C12H11N.C6H15N.C4H7ClO.C4H8O/c1-12(2)16(18)17-15-10-6-9-14(11-15)13-7-4-3-5-8-13;13-12-8-4-7-11(9-12)10-5-2-1-3-6-10;1-4-7(5-2)6-3;1-3(2)4(5)6;1-2-4-5-3-1/h3-12H,1-2H3,(H,17,18);1-9H,13H2;4-6H2,1-3H3;3H,1-2H3;1-4H2. The Bertz CT molecular complexity index is 1420. The summed E-state index contributed by atoms with van der Waals surface area (Å²) in [6.45, 7) is 19.4. The number of nitrogens with zero attached hydrogens (tertiary/aromatic N) is 1. The molecule has 4 aromatic rings. The Morgan fingerprint density at radius 3 is 1.45 bits per heavy atom. The fourth-order valence-corrected chi connectivity index (χ4v) is 4.22. The Hall–Kier alpha value is -3.97. The lowest BCUT2D eigenvalue weighted by Gasteiger charge is -2.13. The molecule has 49 heavy (non-hydrogen) atoms. The van der Waals surface area contributed by atoms with Crippen LogP contribution in [0.4, 0.5) is 11.4 Å². The molecule has 0 spiro atoms. The Morgan fingerprint density at radius 2 is 1.10 bits per heavy atom. The van der Waals surface area contributed by atoms with Crippen molar-refractivity contribution in [2.24, 2.45) is 11.8 Å². The zero-order valence-electron chi connectivity index (χ0n) is 30.6. The van der Waals surface area contributed by atoms with Crippen molar-refractivity contribution >= 4 is 34.1 Å². The van der Waals surface area contributed by atoms with Crippen LogP contribution in [0.1, 0.15) is 61.3 Å². The smallest absolute Gasteiger partial charge is 0.226 e. The molecule has 3 N–H and O–H groups in total. The van der Waals surface area contributed by atoms with Gasteiger partial charge in [0.2, 0.25) is 11.1 Å². The van der Waals surface area contributed by atoms with E-state index in [9.17, 15) is 9.59 Å². The molecular weight excluding hydrogens is 630 g/mol. The molecule has 0 aromatic heterocycles. The first-order valence-electron chi connectivity index (χ1n) is 17.4. The van der Waals surface area contributed by atoms with Gasteiger partial charge < -0.3 is 20.7 Å². The number of benzene rings is 4. The summed E-state index contributed by atoms with van der Waals surface area (Å²) >= 11 is 4.97.